The standard InChI is InChI=1S/C38H42F2N6O7/c1-8-27-28(40)13-12-23-15-26(52-37(49)51-22(3)4)16-30(32(23)27)46-20-29-33(53-36(46)48)34(43(6)19-25-11-10-14-45(25)31(47)9-2)42-35(41-29)50-21-38(5)17-24(39)18-44(38)7/h1,9,12-13,15-16,22,24-25H,2,10-11,14,17-21H2,3-7H3/t24-,25+,38+/m1/s1. The molecule has 2 saturated heterocycles. The Morgan fingerprint density at radius 2 is 2.06 bits per heavy atom. The SMILES string of the molecule is C#Cc1c(F)ccc2cc(OC(=O)OC(C)C)cc(N3Cc4nc(OC[C@]5(C)C[C@@H](F)CN5C)nc(N(C)C[C@@H]5CCCN5C(=O)C=C)c4OC3=O)c12. The first-order chi connectivity index (χ1) is 25.2. The Bertz CT molecular complexity index is 2000. The predicted molar refractivity (Wildman–Crippen MR) is 193 cm³/mol. The van der Waals surface area contributed by atoms with Crippen molar-refractivity contribution in [2.75, 3.05) is 50.1 Å². The fourth-order valence-electron chi connectivity index (χ4n) is 7.09. The molecule has 0 bridgehead atoms. The van der Waals surface area contributed by atoms with E-state index >= 15 is 4.39 Å². The maximum atomic E-state index is 15.1. The number of aromatic nitrogens is 2. The molecule has 0 radical (unpaired) electrons. The van der Waals surface area contributed by atoms with Gasteiger partial charge in [0.05, 0.1) is 29.4 Å². The maximum absolute atomic E-state index is 15.1. The number of nitrogens with zero attached hydrogens (tertiary/aromatic N) is 6. The second-order valence-electron chi connectivity index (χ2n) is 14.1. The van der Waals surface area contributed by atoms with Crippen molar-refractivity contribution in [2.45, 2.75) is 70.4 Å². The lowest BCUT2D eigenvalue weighted by atomic mass is 10.0. The van der Waals surface area contributed by atoms with Gasteiger partial charge in [-0.25, -0.2) is 18.4 Å². The molecular weight excluding hydrogens is 690 g/mol. The lowest BCUT2D eigenvalue weighted by Gasteiger charge is -2.34. The van der Waals surface area contributed by atoms with Crippen molar-refractivity contribution in [3.05, 3.63) is 54.0 Å². The van der Waals surface area contributed by atoms with Gasteiger partial charge in [0, 0.05) is 50.6 Å². The van der Waals surface area contributed by atoms with E-state index in [9.17, 15) is 18.8 Å². The fraction of sp³-hybridized carbons (Fsp3) is 0.447. The summed E-state index contributed by atoms with van der Waals surface area (Å²) in [6, 6.07) is 5.28. The number of hydrogen-bond acceptors (Lipinski definition) is 11. The average molecular weight is 733 g/mol. The molecule has 1 aromatic heterocycles. The average Bonchev–Trinajstić information content (AvgIpc) is 3.67. The zero-order chi connectivity index (χ0) is 38.2. The third-order valence-electron chi connectivity index (χ3n) is 9.85. The first-order valence-corrected chi connectivity index (χ1v) is 17.3. The maximum Gasteiger partial charge on any atom is 0.514 e. The molecule has 2 fully saturated rings. The highest BCUT2D eigenvalue weighted by Gasteiger charge is 2.42. The number of terminal acetylenes is 1. The zero-order valence-corrected chi connectivity index (χ0v) is 30.4. The number of likely N-dealkylation sites (N-methyl/N-ethyl adjacent to an activating group) is 2. The topological polar surface area (TPSA) is 127 Å². The number of rotatable bonds is 10. The van der Waals surface area contributed by atoms with E-state index in [1.54, 1.807) is 30.7 Å². The van der Waals surface area contributed by atoms with Crippen LogP contribution in [0, 0.1) is 18.2 Å². The second kappa shape index (κ2) is 14.9. The van der Waals surface area contributed by atoms with Crippen LogP contribution < -0.4 is 24.0 Å². The summed E-state index contributed by atoms with van der Waals surface area (Å²) >= 11 is 0. The number of carbonyl (C=O) groups excluding carboxylic acids is 3. The van der Waals surface area contributed by atoms with Crippen LogP contribution in [-0.2, 0) is 16.1 Å². The fourth-order valence-corrected chi connectivity index (χ4v) is 7.09. The van der Waals surface area contributed by atoms with Crippen molar-refractivity contribution < 1.29 is 42.1 Å². The molecule has 2 aromatic carbocycles. The number of halogens is 2. The number of alkyl halides is 1. The number of carbonyl (C=O) groups is 3. The van der Waals surface area contributed by atoms with Gasteiger partial charge in [-0.1, -0.05) is 18.6 Å². The van der Waals surface area contributed by atoms with E-state index in [-0.39, 0.29) is 83.7 Å². The molecule has 4 heterocycles. The number of hydrogen-bond donors (Lipinski definition) is 0. The van der Waals surface area contributed by atoms with Gasteiger partial charge in [0.25, 0.3) is 0 Å². The Morgan fingerprint density at radius 1 is 1.28 bits per heavy atom. The first-order valence-electron chi connectivity index (χ1n) is 17.3. The molecule has 13 nitrogen and oxygen atoms in total. The van der Waals surface area contributed by atoms with Crippen LogP contribution in [0.1, 0.15) is 51.3 Å². The first kappa shape index (κ1) is 37.3. The van der Waals surface area contributed by atoms with Gasteiger partial charge in [-0.15, -0.1) is 6.42 Å². The molecule has 280 valence electrons. The smallest absolute Gasteiger partial charge is 0.461 e. The molecule has 0 aliphatic carbocycles. The molecule has 3 aliphatic rings. The Kier molecular flexibility index (Phi) is 10.5. The lowest BCUT2D eigenvalue weighted by molar-refractivity contribution is -0.126. The van der Waals surface area contributed by atoms with E-state index in [0.29, 0.717) is 18.5 Å². The van der Waals surface area contributed by atoms with Crippen molar-refractivity contribution in [2.24, 2.45) is 0 Å². The van der Waals surface area contributed by atoms with Crippen LogP contribution in [0.4, 0.5) is 29.9 Å². The normalized spacial score (nSPS) is 21.3. The van der Waals surface area contributed by atoms with Gasteiger partial charge in [-0.2, -0.15) is 9.97 Å². The van der Waals surface area contributed by atoms with E-state index in [1.165, 1.54) is 35.2 Å². The summed E-state index contributed by atoms with van der Waals surface area (Å²) < 4.78 is 52.2. The van der Waals surface area contributed by atoms with Crippen LogP contribution in [0.2, 0.25) is 0 Å². The van der Waals surface area contributed by atoms with Crippen LogP contribution >= 0.6 is 0 Å². The highest BCUT2D eigenvalue weighted by molar-refractivity contribution is 6.06. The molecule has 15 heteroatoms. The number of amides is 2. The Hall–Kier alpha value is -5.49. The number of anilines is 2. The molecule has 3 atom stereocenters. The summed E-state index contributed by atoms with van der Waals surface area (Å²) in [6.45, 7) is 9.89. The van der Waals surface area contributed by atoms with E-state index in [0.717, 1.165) is 12.8 Å². The van der Waals surface area contributed by atoms with Crippen molar-refractivity contribution in [3.8, 4) is 29.9 Å². The molecule has 3 aromatic rings. The van der Waals surface area contributed by atoms with E-state index in [1.807, 2.05) is 18.9 Å². The van der Waals surface area contributed by atoms with E-state index in [2.05, 4.69) is 22.5 Å². The van der Waals surface area contributed by atoms with Crippen molar-refractivity contribution >= 4 is 40.4 Å². The Balaban J connectivity index is 1.41. The minimum Gasteiger partial charge on any atom is -0.461 e. The molecule has 0 saturated carbocycles. The molecule has 6 rings (SSSR count). The molecular formula is C38H42F2N6O7. The monoisotopic (exact) mass is 732 g/mol. The minimum atomic E-state index is -1.01. The van der Waals surface area contributed by atoms with Gasteiger partial charge in [0.15, 0.2) is 11.6 Å². The highest BCUT2D eigenvalue weighted by Crippen LogP contribution is 2.42. The third-order valence-corrected chi connectivity index (χ3v) is 9.85. The predicted octanol–water partition coefficient (Wildman–Crippen LogP) is 5.62. The minimum absolute atomic E-state index is 0.00809. The number of ether oxygens (including phenoxy) is 4. The lowest BCUT2D eigenvalue weighted by Crippen LogP contribution is -2.44. The van der Waals surface area contributed by atoms with Crippen LogP contribution in [0.5, 0.6) is 17.5 Å². The zero-order valence-electron chi connectivity index (χ0n) is 30.4. The summed E-state index contributed by atoms with van der Waals surface area (Å²) in [5.41, 5.74) is -0.417. The Labute approximate surface area is 306 Å². The van der Waals surface area contributed by atoms with Crippen LogP contribution in [0.3, 0.4) is 0 Å². The van der Waals surface area contributed by atoms with E-state index < -0.39 is 35.9 Å². The van der Waals surface area contributed by atoms with Crippen molar-refractivity contribution in [1.82, 2.24) is 19.8 Å². The molecule has 53 heavy (non-hydrogen) atoms. The van der Waals surface area contributed by atoms with Gasteiger partial charge < -0.3 is 28.7 Å². The van der Waals surface area contributed by atoms with Gasteiger partial charge >= 0.3 is 18.3 Å². The third kappa shape index (κ3) is 7.54. The molecule has 0 unspecified atom stereocenters. The largest absolute Gasteiger partial charge is 0.514 e. The van der Waals surface area contributed by atoms with Gasteiger partial charge in [-0.3, -0.25) is 14.6 Å². The van der Waals surface area contributed by atoms with Crippen molar-refractivity contribution in [1.29, 1.82) is 0 Å². The number of benzene rings is 2. The Morgan fingerprint density at radius 3 is 2.74 bits per heavy atom. The summed E-state index contributed by atoms with van der Waals surface area (Å²) in [5.74, 6) is 1.80. The van der Waals surface area contributed by atoms with Gasteiger partial charge in [0.2, 0.25) is 5.91 Å². The molecule has 0 N–H and O–H groups in total. The molecule has 0 spiro atoms. The molecule has 3 aliphatic heterocycles. The van der Waals surface area contributed by atoms with Crippen LogP contribution in [-0.4, -0.2) is 102 Å². The summed E-state index contributed by atoms with van der Waals surface area (Å²) in [4.78, 5) is 54.9. The molecule has 2 amide bonds. The van der Waals surface area contributed by atoms with Crippen LogP contribution in [0.25, 0.3) is 10.8 Å². The van der Waals surface area contributed by atoms with Gasteiger partial charge in [-0.05, 0) is 64.3 Å². The number of fused-ring (bicyclic) bond motifs is 2. The van der Waals surface area contributed by atoms with Crippen LogP contribution in [0.15, 0.2) is 36.9 Å². The van der Waals surface area contributed by atoms with Crippen molar-refractivity contribution in [3.63, 3.8) is 0 Å². The summed E-state index contributed by atoms with van der Waals surface area (Å²) in [5, 5.41) is 0.580. The second-order valence-corrected chi connectivity index (χ2v) is 14.1. The van der Waals surface area contributed by atoms with Gasteiger partial charge in [0.1, 0.15) is 30.0 Å². The highest BCUT2D eigenvalue weighted by atomic mass is 19.1. The quantitative estimate of drug-likeness (QED) is 0.112. The van der Waals surface area contributed by atoms with E-state index in [4.69, 9.17) is 25.4 Å². The summed E-state index contributed by atoms with van der Waals surface area (Å²) in [6.07, 6.45) is 5.54. The summed E-state index contributed by atoms with van der Waals surface area (Å²) in [7, 11) is 3.58. The number of likely N-dealkylation sites (tertiary alicyclic amines) is 2.